The molecule has 0 aliphatic heterocycles. The number of para-hydroxylation sites is 1. The van der Waals surface area contributed by atoms with Crippen molar-refractivity contribution in [3.63, 3.8) is 0 Å². The number of benzene rings is 3. The van der Waals surface area contributed by atoms with Crippen molar-refractivity contribution in [3.05, 3.63) is 89.5 Å². The summed E-state index contributed by atoms with van der Waals surface area (Å²) in [4.78, 5) is 17.8. The number of fused-ring (bicyclic) bond motifs is 1. The van der Waals surface area contributed by atoms with Crippen molar-refractivity contribution in [2.75, 3.05) is 7.11 Å². The third kappa shape index (κ3) is 4.30. The van der Waals surface area contributed by atoms with Gasteiger partial charge >= 0.3 is 0 Å². The van der Waals surface area contributed by atoms with Gasteiger partial charge in [-0.15, -0.1) is 0 Å². The van der Waals surface area contributed by atoms with Crippen molar-refractivity contribution in [1.29, 1.82) is 0 Å². The van der Waals surface area contributed by atoms with Crippen molar-refractivity contribution in [3.8, 4) is 22.8 Å². The van der Waals surface area contributed by atoms with Gasteiger partial charge in [0.25, 0.3) is 5.91 Å². The minimum Gasteiger partial charge on any atom is -0.504 e. The Hall–Kier alpha value is -4.19. The minimum atomic E-state index is -0.331. The zero-order valence-electron chi connectivity index (χ0n) is 18.1. The molecule has 0 aliphatic rings. The summed E-state index contributed by atoms with van der Waals surface area (Å²) in [6.07, 6.45) is 0. The van der Waals surface area contributed by atoms with E-state index in [4.69, 9.17) is 9.72 Å². The molecule has 1 amide bonds. The van der Waals surface area contributed by atoms with Crippen LogP contribution in [0.15, 0.2) is 77.9 Å². The van der Waals surface area contributed by atoms with Crippen molar-refractivity contribution in [2.24, 2.45) is 5.10 Å². The Labute approximate surface area is 186 Å². The molecule has 4 rings (SSSR count). The third-order valence-corrected chi connectivity index (χ3v) is 5.23. The molecule has 1 heterocycles. The first-order valence-electron chi connectivity index (χ1n) is 10.1. The molecular formula is C26H23N3O3. The predicted molar refractivity (Wildman–Crippen MR) is 126 cm³/mol. The Balaban J connectivity index is 1.68. The summed E-state index contributed by atoms with van der Waals surface area (Å²) in [5.41, 5.74) is 7.99. The molecule has 0 fully saturated rings. The molecule has 32 heavy (non-hydrogen) atoms. The summed E-state index contributed by atoms with van der Waals surface area (Å²) in [5, 5.41) is 14.8. The summed E-state index contributed by atoms with van der Waals surface area (Å²) < 4.78 is 5.14. The van der Waals surface area contributed by atoms with E-state index in [0.29, 0.717) is 17.0 Å². The van der Waals surface area contributed by atoms with Gasteiger partial charge in [0.1, 0.15) is 0 Å². The number of phenolic OH excluding ortho intramolecular Hbond substituents is 1. The highest BCUT2D eigenvalue weighted by Gasteiger charge is 2.14. The lowest BCUT2D eigenvalue weighted by atomic mass is 10.0. The molecule has 0 unspecified atom stereocenters. The summed E-state index contributed by atoms with van der Waals surface area (Å²) in [6, 6.07) is 22.3. The van der Waals surface area contributed by atoms with Crippen LogP contribution in [0.2, 0.25) is 0 Å². The maximum Gasteiger partial charge on any atom is 0.272 e. The average Bonchev–Trinajstić information content (AvgIpc) is 2.82. The monoisotopic (exact) mass is 425 g/mol. The number of carbonyl (C=O) groups excluding carboxylic acids is 1. The smallest absolute Gasteiger partial charge is 0.272 e. The van der Waals surface area contributed by atoms with Crippen LogP contribution in [0.3, 0.4) is 0 Å². The number of amides is 1. The van der Waals surface area contributed by atoms with Crippen LogP contribution in [-0.4, -0.2) is 28.8 Å². The number of ether oxygens (including phenoxy) is 1. The lowest BCUT2D eigenvalue weighted by molar-refractivity contribution is 0.0956. The quantitative estimate of drug-likeness (QED) is 0.345. The molecule has 0 aliphatic carbocycles. The second kappa shape index (κ2) is 8.89. The highest BCUT2D eigenvalue weighted by Crippen LogP contribution is 2.27. The number of aromatic hydroxyl groups is 1. The van der Waals surface area contributed by atoms with Gasteiger partial charge in [-0.3, -0.25) is 4.79 Å². The van der Waals surface area contributed by atoms with Crippen molar-refractivity contribution < 1.29 is 14.6 Å². The van der Waals surface area contributed by atoms with Gasteiger partial charge in [0, 0.05) is 16.5 Å². The Morgan fingerprint density at radius 2 is 1.78 bits per heavy atom. The third-order valence-electron chi connectivity index (χ3n) is 5.23. The summed E-state index contributed by atoms with van der Waals surface area (Å²) in [6.45, 7) is 3.80. The van der Waals surface area contributed by atoms with Crippen LogP contribution >= 0.6 is 0 Å². The Kier molecular flexibility index (Phi) is 5.85. The lowest BCUT2D eigenvalue weighted by Gasteiger charge is -2.10. The predicted octanol–water partition coefficient (Wildman–Crippen LogP) is 5.08. The van der Waals surface area contributed by atoms with Crippen LogP contribution in [-0.2, 0) is 0 Å². The molecule has 0 spiro atoms. The van der Waals surface area contributed by atoms with E-state index in [1.165, 1.54) is 13.2 Å². The number of nitrogens with one attached hydrogen (secondary N) is 1. The van der Waals surface area contributed by atoms with Crippen LogP contribution in [0.4, 0.5) is 0 Å². The largest absolute Gasteiger partial charge is 0.504 e. The molecular weight excluding hydrogens is 402 g/mol. The number of carbonyl (C=O) groups is 1. The maximum atomic E-state index is 13.1. The van der Waals surface area contributed by atoms with Crippen molar-refractivity contribution >= 4 is 22.5 Å². The van der Waals surface area contributed by atoms with Gasteiger partial charge in [-0.1, -0.05) is 48.0 Å². The van der Waals surface area contributed by atoms with E-state index in [2.05, 4.69) is 10.5 Å². The Morgan fingerprint density at radius 1 is 1.03 bits per heavy atom. The molecule has 0 saturated carbocycles. The first-order valence-corrected chi connectivity index (χ1v) is 10.1. The first-order chi connectivity index (χ1) is 15.5. The number of phenols is 1. The fourth-order valence-electron chi connectivity index (χ4n) is 3.40. The number of aromatic nitrogens is 1. The molecule has 0 saturated heterocycles. The number of methoxy groups -OCH3 is 1. The van der Waals surface area contributed by atoms with Gasteiger partial charge in [-0.25, -0.2) is 10.4 Å². The van der Waals surface area contributed by atoms with Crippen LogP contribution < -0.4 is 10.2 Å². The van der Waals surface area contributed by atoms with Gasteiger partial charge in [0.15, 0.2) is 11.5 Å². The molecule has 2 N–H and O–H groups in total. The molecule has 6 heteroatoms. The maximum absolute atomic E-state index is 13.1. The van der Waals surface area contributed by atoms with Gasteiger partial charge in [0.2, 0.25) is 0 Å². The van der Waals surface area contributed by atoms with E-state index in [0.717, 1.165) is 33.3 Å². The molecule has 0 bridgehead atoms. The molecule has 3 aromatic carbocycles. The highest BCUT2D eigenvalue weighted by molar-refractivity contribution is 6.08. The van der Waals surface area contributed by atoms with Gasteiger partial charge in [-0.2, -0.15) is 5.10 Å². The van der Waals surface area contributed by atoms with Crippen LogP contribution in [0.5, 0.6) is 11.5 Å². The van der Waals surface area contributed by atoms with Crippen LogP contribution in [0.1, 0.15) is 28.4 Å². The van der Waals surface area contributed by atoms with E-state index < -0.39 is 0 Å². The Morgan fingerprint density at radius 3 is 2.53 bits per heavy atom. The van der Waals surface area contributed by atoms with E-state index in [9.17, 15) is 9.90 Å². The average molecular weight is 425 g/mol. The minimum absolute atomic E-state index is 0.0416. The summed E-state index contributed by atoms with van der Waals surface area (Å²) in [7, 11) is 1.48. The molecule has 0 radical (unpaired) electrons. The summed E-state index contributed by atoms with van der Waals surface area (Å²) in [5.74, 6) is 0.0493. The van der Waals surface area contributed by atoms with Crippen LogP contribution in [0.25, 0.3) is 22.2 Å². The number of hydrazone groups is 1. The van der Waals surface area contributed by atoms with E-state index in [-0.39, 0.29) is 11.7 Å². The van der Waals surface area contributed by atoms with Gasteiger partial charge < -0.3 is 9.84 Å². The fourth-order valence-corrected chi connectivity index (χ4v) is 3.40. The SMILES string of the molecule is COc1cc(/C(C)=N/NC(=O)c2cc(-c3ccc(C)cc3)nc3ccccc23)ccc1O. The molecule has 4 aromatic rings. The zero-order valence-corrected chi connectivity index (χ0v) is 18.1. The molecule has 1 aromatic heterocycles. The van der Waals surface area contributed by atoms with Gasteiger partial charge in [0.05, 0.1) is 29.6 Å². The number of nitrogens with zero attached hydrogens (tertiary/aromatic N) is 2. The number of hydrogen-bond donors (Lipinski definition) is 2. The fraction of sp³-hybridized carbons (Fsp3) is 0.115. The number of rotatable bonds is 5. The number of hydrogen-bond acceptors (Lipinski definition) is 5. The van der Waals surface area contributed by atoms with Crippen LogP contribution in [0, 0.1) is 6.92 Å². The molecule has 6 nitrogen and oxygen atoms in total. The van der Waals surface area contributed by atoms with E-state index in [1.807, 2.05) is 55.5 Å². The normalized spacial score (nSPS) is 11.4. The van der Waals surface area contributed by atoms with Crippen molar-refractivity contribution in [1.82, 2.24) is 10.4 Å². The van der Waals surface area contributed by atoms with E-state index >= 15 is 0 Å². The van der Waals surface area contributed by atoms with Gasteiger partial charge in [-0.05, 0) is 44.2 Å². The number of pyridine rings is 1. The second-order valence-electron chi connectivity index (χ2n) is 7.46. The lowest BCUT2D eigenvalue weighted by Crippen LogP contribution is -2.20. The highest BCUT2D eigenvalue weighted by atomic mass is 16.5. The van der Waals surface area contributed by atoms with E-state index in [1.54, 1.807) is 25.1 Å². The topological polar surface area (TPSA) is 83.8 Å². The zero-order chi connectivity index (χ0) is 22.7. The summed E-state index contributed by atoms with van der Waals surface area (Å²) >= 11 is 0. The number of aryl methyl sites for hydroxylation is 1. The Bertz CT molecular complexity index is 1330. The second-order valence-corrected chi connectivity index (χ2v) is 7.46. The standard InChI is InChI=1S/C26H23N3O3/c1-16-8-10-18(11-9-16)23-15-21(20-6-4-5-7-22(20)27-23)26(31)29-28-17(2)19-12-13-24(30)25(14-19)32-3/h4-15,30H,1-3H3,(H,29,31)/b28-17+. The molecule has 160 valence electrons. The van der Waals surface area contributed by atoms with Crippen molar-refractivity contribution in [2.45, 2.75) is 13.8 Å². The molecule has 0 atom stereocenters. The first kappa shape index (κ1) is 21.1.